The molecule has 31 heavy (non-hydrogen) atoms. The molecule has 0 unspecified atom stereocenters. The monoisotopic (exact) mass is 447 g/mol. The molecule has 0 radical (unpaired) electrons. The molecule has 3 aromatic rings. The van der Waals surface area contributed by atoms with Crippen molar-refractivity contribution in [3.8, 4) is 11.5 Å². The zero-order valence-electron chi connectivity index (χ0n) is 17.2. The molecule has 3 rings (SSSR count). The predicted octanol–water partition coefficient (Wildman–Crippen LogP) is 2.57. The van der Waals surface area contributed by atoms with Gasteiger partial charge in [-0.25, -0.2) is 4.63 Å². The minimum atomic E-state index is -0.430. The summed E-state index contributed by atoms with van der Waals surface area (Å²) in [5, 5.41) is 12.8. The lowest BCUT2D eigenvalue weighted by Gasteiger charge is -2.16. The van der Waals surface area contributed by atoms with Crippen LogP contribution >= 0.6 is 12.4 Å². The van der Waals surface area contributed by atoms with Gasteiger partial charge in [0.05, 0.1) is 6.61 Å². The Morgan fingerprint density at radius 3 is 2.58 bits per heavy atom. The summed E-state index contributed by atoms with van der Waals surface area (Å²) < 4.78 is 16.2. The van der Waals surface area contributed by atoms with Crippen LogP contribution in [0.25, 0.3) is 0 Å². The van der Waals surface area contributed by atoms with Crippen LogP contribution < -0.4 is 25.8 Å². The van der Waals surface area contributed by atoms with E-state index in [-0.39, 0.29) is 23.9 Å². The quantitative estimate of drug-likeness (QED) is 0.383. The highest BCUT2D eigenvalue weighted by atomic mass is 35.5. The standard InChI is InChI=1S/C21H25N5O4.ClH/c1-2-28-17-10-6-9-16(19(17)29-14-15-7-4-3-5-8-15)13-23-11-12-24-21(27)18-20(22)26-30-25-18;/h3-10,23H,2,11-14H2,1H3,(H2,22,26)(H,24,27);1H. The van der Waals surface area contributed by atoms with Crippen molar-refractivity contribution in [3.05, 3.63) is 65.4 Å². The van der Waals surface area contributed by atoms with Gasteiger partial charge in [-0.05, 0) is 28.9 Å². The number of nitrogen functional groups attached to an aromatic ring is 1. The van der Waals surface area contributed by atoms with E-state index < -0.39 is 5.91 Å². The number of rotatable bonds is 11. The highest BCUT2D eigenvalue weighted by molar-refractivity contribution is 5.95. The molecule has 4 N–H and O–H groups in total. The second kappa shape index (κ2) is 12.4. The number of anilines is 1. The Morgan fingerprint density at radius 1 is 1.06 bits per heavy atom. The fraction of sp³-hybridized carbons (Fsp3) is 0.286. The summed E-state index contributed by atoms with van der Waals surface area (Å²) in [5.41, 5.74) is 7.53. The fourth-order valence-electron chi connectivity index (χ4n) is 2.79. The topological polar surface area (TPSA) is 125 Å². The molecule has 0 saturated heterocycles. The van der Waals surface area contributed by atoms with E-state index in [1.54, 1.807) is 0 Å². The second-order valence-corrected chi connectivity index (χ2v) is 6.38. The predicted molar refractivity (Wildman–Crippen MR) is 118 cm³/mol. The van der Waals surface area contributed by atoms with Gasteiger partial charge in [-0.2, -0.15) is 0 Å². The zero-order valence-corrected chi connectivity index (χ0v) is 18.0. The van der Waals surface area contributed by atoms with Gasteiger partial charge in [0, 0.05) is 25.2 Å². The van der Waals surface area contributed by atoms with Crippen LogP contribution in [0.1, 0.15) is 28.5 Å². The molecule has 0 saturated carbocycles. The van der Waals surface area contributed by atoms with E-state index in [9.17, 15) is 4.79 Å². The third-order valence-corrected chi connectivity index (χ3v) is 4.22. The molecule has 0 aliphatic rings. The molecule has 1 amide bonds. The number of amides is 1. The third-order valence-electron chi connectivity index (χ3n) is 4.22. The molecule has 0 aliphatic heterocycles. The van der Waals surface area contributed by atoms with Gasteiger partial charge in [0.15, 0.2) is 11.5 Å². The van der Waals surface area contributed by atoms with E-state index in [2.05, 4.69) is 25.6 Å². The van der Waals surface area contributed by atoms with E-state index >= 15 is 0 Å². The van der Waals surface area contributed by atoms with Crippen molar-refractivity contribution < 1.29 is 18.9 Å². The van der Waals surface area contributed by atoms with Gasteiger partial charge in [0.25, 0.3) is 5.91 Å². The number of nitrogens with zero attached hydrogens (tertiary/aromatic N) is 2. The van der Waals surface area contributed by atoms with E-state index in [1.165, 1.54) is 0 Å². The average molecular weight is 448 g/mol. The highest BCUT2D eigenvalue weighted by Crippen LogP contribution is 2.32. The smallest absolute Gasteiger partial charge is 0.277 e. The van der Waals surface area contributed by atoms with Crippen LogP contribution in [0.2, 0.25) is 0 Å². The Balaban J connectivity index is 0.00000341. The molecular weight excluding hydrogens is 422 g/mol. The van der Waals surface area contributed by atoms with E-state index in [0.29, 0.717) is 44.3 Å². The second-order valence-electron chi connectivity index (χ2n) is 6.38. The average Bonchev–Trinajstić information content (AvgIpc) is 3.19. The van der Waals surface area contributed by atoms with Crippen LogP contribution in [0.4, 0.5) is 5.82 Å². The molecular formula is C21H26ClN5O4. The van der Waals surface area contributed by atoms with Gasteiger partial charge in [-0.1, -0.05) is 42.5 Å². The minimum Gasteiger partial charge on any atom is -0.490 e. The van der Waals surface area contributed by atoms with Crippen LogP contribution in [0.5, 0.6) is 11.5 Å². The summed E-state index contributed by atoms with van der Waals surface area (Å²) in [7, 11) is 0. The number of hydrogen-bond donors (Lipinski definition) is 3. The summed E-state index contributed by atoms with van der Waals surface area (Å²) in [6.07, 6.45) is 0. The number of benzene rings is 2. The molecule has 0 aliphatic carbocycles. The molecule has 9 nitrogen and oxygen atoms in total. The molecule has 166 valence electrons. The van der Waals surface area contributed by atoms with Crippen molar-refractivity contribution in [3.63, 3.8) is 0 Å². The molecule has 2 aromatic carbocycles. The van der Waals surface area contributed by atoms with Gasteiger partial charge < -0.3 is 25.8 Å². The lowest BCUT2D eigenvalue weighted by Crippen LogP contribution is -2.32. The maximum atomic E-state index is 11.9. The molecule has 0 atom stereocenters. The van der Waals surface area contributed by atoms with E-state index in [0.717, 1.165) is 11.1 Å². The van der Waals surface area contributed by atoms with Gasteiger partial charge in [-0.3, -0.25) is 4.79 Å². The minimum absolute atomic E-state index is 0. The number of hydrogen-bond acceptors (Lipinski definition) is 8. The molecule has 1 heterocycles. The van der Waals surface area contributed by atoms with Crippen LogP contribution in [0.15, 0.2) is 53.2 Å². The van der Waals surface area contributed by atoms with Crippen LogP contribution in [0, 0.1) is 0 Å². The first-order chi connectivity index (χ1) is 14.7. The van der Waals surface area contributed by atoms with Gasteiger partial charge in [-0.15, -0.1) is 12.4 Å². The van der Waals surface area contributed by atoms with Crippen LogP contribution in [-0.2, 0) is 13.2 Å². The number of ether oxygens (including phenoxy) is 2. The van der Waals surface area contributed by atoms with Gasteiger partial charge in [0.2, 0.25) is 11.5 Å². The summed E-state index contributed by atoms with van der Waals surface area (Å²) >= 11 is 0. The maximum absolute atomic E-state index is 11.9. The molecule has 0 fully saturated rings. The number of nitrogens with two attached hydrogens (primary N) is 1. The number of nitrogens with one attached hydrogen (secondary N) is 2. The summed E-state index contributed by atoms with van der Waals surface area (Å²) in [4.78, 5) is 11.9. The van der Waals surface area contributed by atoms with Crippen molar-refractivity contribution in [2.45, 2.75) is 20.1 Å². The molecule has 0 bridgehead atoms. The number of halogens is 1. The Kier molecular flexibility index (Phi) is 9.60. The Hall–Kier alpha value is -3.30. The van der Waals surface area contributed by atoms with E-state index in [4.69, 9.17) is 15.2 Å². The molecule has 0 spiro atoms. The van der Waals surface area contributed by atoms with Crippen LogP contribution in [-0.4, -0.2) is 35.9 Å². The third kappa shape index (κ3) is 6.87. The SMILES string of the molecule is CCOc1cccc(CNCCNC(=O)c2nonc2N)c1OCc1ccccc1.Cl. The van der Waals surface area contributed by atoms with Crippen LogP contribution in [0.3, 0.4) is 0 Å². The van der Waals surface area contributed by atoms with Gasteiger partial charge >= 0.3 is 0 Å². The molecule has 10 heteroatoms. The summed E-state index contributed by atoms with van der Waals surface area (Å²) in [5.74, 6) is 0.949. The Labute approximate surface area is 186 Å². The number of carbonyl (C=O) groups is 1. The Morgan fingerprint density at radius 2 is 1.87 bits per heavy atom. The highest BCUT2D eigenvalue weighted by Gasteiger charge is 2.15. The number of aromatic nitrogens is 2. The lowest BCUT2D eigenvalue weighted by molar-refractivity contribution is 0.0944. The normalized spacial score (nSPS) is 10.2. The first-order valence-electron chi connectivity index (χ1n) is 9.67. The lowest BCUT2D eigenvalue weighted by atomic mass is 10.1. The number of carbonyl (C=O) groups excluding carboxylic acids is 1. The summed E-state index contributed by atoms with van der Waals surface area (Å²) in [6, 6.07) is 15.8. The number of para-hydroxylation sites is 1. The maximum Gasteiger partial charge on any atom is 0.277 e. The van der Waals surface area contributed by atoms with Crippen molar-refractivity contribution in [2.75, 3.05) is 25.4 Å². The van der Waals surface area contributed by atoms with Crippen molar-refractivity contribution in [1.82, 2.24) is 20.9 Å². The van der Waals surface area contributed by atoms with Gasteiger partial charge in [0.1, 0.15) is 6.61 Å². The van der Waals surface area contributed by atoms with E-state index in [1.807, 2.05) is 55.5 Å². The van der Waals surface area contributed by atoms with Crippen molar-refractivity contribution >= 4 is 24.1 Å². The first-order valence-corrected chi connectivity index (χ1v) is 9.67. The molecule has 1 aromatic heterocycles. The first kappa shape index (κ1) is 24.0. The Bertz CT molecular complexity index is 952. The zero-order chi connectivity index (χ0) is 21.2. The van der Waals surface area contributed by atoms with Crippen molar-refractivity contribution in [2.24, 2.45) is 0 Å². The van der Waals surface area contributed by atoms with Crippen molar-refractivity contribution in [1.29, 1.82) is 0 Å². The fourth-order valence-corrected chi connectivity index (χ4v) is 2.79. The largest absolute Gasteiger partial charge is 0.490 e. The summed E-state index contributed by atoms with van der Waals surface area (Å²) in [6.45, 7) is 4.40.